The lowest BCUT2D eigenvalue weighted by molar-refractivity contribution is -0.120. The Bertz CT molecular complexity index is 442. The van der Waals surface area contributed by atoms with E-state index in [2.05, 4.69) is 5.32 Å². The second-order valence-corrected chi connectivity index (χ2v) is 5.07. The molecule has 4 heteroatoms. The van der Waals surface area contributed by atoms with Crippen molar-refractivity contribution in [1.29, 1.82) is 0 Å². The predicted octanol–water partition coefficient (Wildman–Crippen LogP) is 2.85. The first-order chi connectivity index (χ1) is 8.90. The Morgan fingerprint density at radius 3 is 2.68 bits per heavy atom. The van der Waals surface area contributed by atoms with Crippen LogP contribution in [0.1, 0.15) is 39.2 Å². The molecular formula is C15H24N2O2. The highest BCUT2D eigenvalue weighted by Gasteiger charge is 2.26. The third-order valence-electron chi connectivity index (χ3n) is 3.10. The van der Waals surface area contributed by atoms with Gasteiger partial charge in [-0.3, -0.25) is 4.79 Å². The zero-order valence-corrected chi connectivity index (χ0v) is 12.2. The highest BCUT2D eigenvalue weighted by atomic mass is 16.5. The summed E-state index contributed by atoms with van der Waals surface area (Å²) in [4.78, 5) is 12.1. The Hall–Kier alpha value is -1.55. The molecule has 3 N–H and O–H groups in total. The maximum absolute atomic E-state index is 12.1. The minimum absolute atomic E-state index is 0.194. The van der Waals surface area contributed by atoms with Gasteiger partial charge in [0.2, 0.25) is 5.91 Å². The summed E-state index contributed by atoms with van der Waals surface area (Å²) in [5.41, 5.74) is 6.83. The average molecular weight is 264 g/mol. The van der Waals surface area contributed by atoms with Gasteiger partial charge in [0.05, 0.1) is 17.8 Å². The summed E-state index contributed by atoms with van der Waals surface area (Å²) in [7, 11) is 0. The standard InChI is InChI=1S/C15H24N2O2/c1-5-9-19-13-10-11(3)7-8-12(13)17-14(18)15(4,16)6-2/h7-8,10H,5-6,9,16H2,1-4H3,(H,17,18). The van der Waals surface area contributed by atoms with Crippen molar-refractivity contribution in [2.45, 2.75) is 46.1 Å². The Morgan fingerprint density at radius 2 is 2.11 bits per heavy atom. The van der Waals surface area contributed by atoms with Crippen molar-refractivity contribution >= 4 is 11.6 Å². The van der Waals surface area contributed by atoms with Gasteiger partial charge >= 0.3 is 0 Å². The van der Waals surface area contributed by atoms with E-state index in [9.17, 15) is 4.79 Å². The molecule has 0 aliphatic heterocycles. The van der Waals surface area contributed by atoms with Gasteiger partial charge < -0.3 is 15.8 Å². The van der Waals surface area contributed by atoms with E-state index < -0.39 is 5.54 Å². The molecule has 0 fully saturated rings. The number of carbonyl (C=O) groups excluding carboxylic acids is 1. The highest BCUT2D eigenvalue weighted by Crippen LogP contribution is 2.26. The van der Waals surface area contributed by atoms with E-state index in [1.807, 2.05) is 39.0 Å². The average Bonchev–Trinajstić information content (AvgIpc) is 2.38. The van der Waals surface area contributed by atoms with Crippen molar-refractivity contribution < 1.29 is 9.53 Å². The molecule has 0 aliphatic carbocycles. The molecule has 1 atom stereocenters. The van der Waals surface area contributed by atoms with Crippen LogP contribution in [0.4, 0.5) is 5.69 Å². The minimum Gasteiger partial charge on any atom is -0.491 e. The molecule has 106 valence electrons. The van der Waals surface area contributed by atoms with Gasteiger partial charge in [0, 0.05) is 0 Å². The number of rotatable bonds is 6. The van der Waals surface area contributed by atoms with Gasteiger partial charge in [-0.1, -0.05) is 19.9 Å². The Labute approximate surface area is 115 Å². The Balaban J connectivity index is 2.91. The topological polar surface area (TPSA) is 64.3 Å². The monoisotopic (exact) mass is 264 g/mol. The third-order valence-corrected chi connectivity index (χ3v) is 3.10. The molecule has 0 saturated heterocycles. The fourth-order valence-electron chi connectivity index (χ4n) is 1.49. The maximum atomic E-state index is 12.1. The molecule has 0 heterocycles. The highest BCUT2D eigenvalue weighted by molar-refractivity contribution is 5.98. The second-order valence-electron chi connectivity index (χ2n) is 5.07. The number of aryl methyl sites for hydroxylation is 1. The summed E-state index contributed by atoms with van der Waals surface area (Å²) in [6.45, 7) is 8.28. The SMILES string of the molecule is CCCOc1cc(C)ccc1NC(=O)C(C)(N)CC. The second kappa shape index (κ2) is 6.57. The summed E-state index contributed by atoms with van der Waals surface area (Å²) in [6, 6.07) is 5.71. The zero-order valence-electron chi connectivity index (χ0n) is 12.2. The van der Waals surface area contributed by atoms with Crippen LogP contribution in [-0.2, 0) is 4.79 Å². The smallest absolute Gasteiger partial charge is 0.244 e. The fourth-order valence-corrected chi connectivity index (χ4v) is 1.49. The number of ether oxygens (including phenoxy) is 1. The largest absolute Gasteiger partial charge is 0.491 e. The summed E-state index contributed by atoms with van der Waals surface area (Å²) in [6.07, 6.45) is 1.50. The van der Waals surface area contributed by atoms with E-state index in [0.29, 0.717) is 24.5 Å². The van der Waals surface area contributed by atoms with E-state index in [4.69, 9.17) is 10.5 Å². The van der Waals surface area contributed by atoms with Crippen LogP contribution in [0.5, 0.6) is 5.75 Å². The molecule has 1 aromatic rings. The summed E-state index contributed by atoms with van der Waals surface area (Å²) in [5, 5.41) is 2.85. The number of hydrogen-bond donors (Lipinski definition) is 2. The first-order valence-electron chi connectivity index (χ1n) is 6.74. The molecule has 1 aromatic carbocycles. The Morgan fingerprint density at radius 1 is 1.42 bits per heavy atom. The quantitative estimate of drug-likeness (QED) is 0.830. The van der Waals surface area contributed by atoms with Crippen molar-refractivity contribution in [2.75, 3.05) is 11.9 Å². The molecule has 0 radical (unpaired) electrons. The number of amides is 1. The van der Waals surface area contributed by atoms with Gasteiger partial charge in [0.15, 0.2) is 0 Å². The molecule has 0 bridgehead atoms. The molecule has 1 unspecified atom stereocenters. The number of nitrogens with two attached hydrogens (primary N) is 1. The Kier molecular flexibility index (Phi) is 5.36. The normalized spacial score (nSPS) is 13.7. The van der Waals surface area contributed by atoms with E-state index in [1.165, 1.54) is 0 Å². The van der Waals surface area contributed by atoms with Crippen LogP contribution in [0, 0.1) is 6.92 Å². The first-order valence-corrected chi connectivity index (χ1v) is 6.74. The molecule has 0 spiro atoms. The lowest BCUT2D eigenvalue weighted by Gasteiger charge is -2.22. The molecular weight excluding hydrogens is 240 g/mol. The van der Waals surface area contributed by atoms with Crippen LogP contribution in [0.2, 0.25) is 0 Å². The van der Waals surface area contributed by atoms with Gasteiger partial charge in [-0.25, -0.2) is 0 Å². The van der Waals surface area contributed by atoms with Crippen LogP contribution in [-0.4, -0.2) is 18.1 Å². The number of anilines is 1. The van der Waals surface area contributed by atoms with Crippen LogP contribution in [0.3, 0.4) is 0 Å². The van der Waals surface area contributed by atoms with E-state index in [-0.39, 0.29) is 5.91 Å². The number of carbonyl (C=O) groups is 1. The van der Waals surface area contributed by atoms with Gasteiger partial charge in [0.1, 0.15) is 5.75 Å². The molecule has 0 aromatic heterocycles. The molecule has 1 rings (SSSR count). The maximum Gasteiger partial charge on any atom is 0.244 e. The molecule has 0 aliphatic rings. The summed E-state index contributed by atoms with van der Waals surface area (Å²) in [5.74, 6) is 0.502. The number of benzene rings is 1. The van der Waals surface area contributed by atoms with Gasteiger partial charge in [0.25, 0.3) is 0 Å². The molecule has 19 heavy (non-hydrogen) atoms. The van der Waals surface area contributed by atoms with Crippen LogP contribution < -0.4 is 15.8 Å². The lowest BCUT2D eigenvalue weighted by atomic mass is 9.99. The third kappa shape index (κ3) is 4.24. The van der Waals surface area contributed by atoms with Crippen LogP contribution in [0.15, 0.2) is 18.2 Å². The van der Waals surface area contributed by atoms with E-state index in [1.54, 1.807) is 6.92 Å². The van der Waals surface area contributed by atoms with Crippen molar-refractivity contribution in [1.82, 2.24) is 0 Å². The molecule has 1 amide bonds. The van der Waals surface area contributed by atoms with Gasteiger partial charge in [-0.2, -0.15) is 0 Å². The predicted molar refractivity (Wildman–Crippen MR) is 78.5 cm³/mol. The van der Waals surface area contributed by atoms with Crippen LogP contribution >= 0.6 is 0 Å². The summed E-state index contributed by atoms with van der Waals surface area (Å²) >= 11 is 0. The van der Waals surface area contributed by atoms with Gasteiger partial charge in [-0.05, 0) is 44.4 Å². The minimum atomic E-state index is -0.868. The molecule has 0 saturated carbocycles. The van der Waals surface area contributed by atoms with Crippen molar-refractivity contribution in [3.8, 4) is 5.75 Å². The number of hydrogen-bond acceptors (Lipinski definition) is 3. The van der Waals surface area contributed by atoms with Crippen molar-refractivity contribution in [3.63, 3.8) is 0 Å². The van der Waals surface area contributed by atoms with Crippen molar-refractivity contribution in [2.24, 2.45) is 5.73 Å². The molecule has 4 nitrogen and oxygen atoms in total. The zero-order chi connectivity index (χ0) is 14.5. The first kappa shape index (κ1) is 15.5. The van der Waals surface area contributed by atoms with Gasteiger partial charge in [-0.15, -0.1) is 0 Å². The fraction of sp³-hybridized carbons (Fsp3) is 0.533. The lowest BCUT2D eigenvalue weighted by Crippen LogP contribution is -2.47. The van der Waals surface area contributed by atoms with E-state index >= 15 is 0 Å². The van der Waals surface area contributed by atoms with Crippen molar-refractivity contribution in [3.05, 3.63) is 23.8 Å². The van der Waals surface area contributed by atoms with Crippen LogP contribution in [0.25, 0.3) is 0 Å². The summed E-state index contributed by atoms with van der Waals surface area (Å²) < 4.78 is 5.66. The number of nitrogens with one attached hydrogen (secondary N) is 1. The van der Waals surface area contributed by atoms with E-state index in [0.717, 1.165) is 12.0 Å².